The molecule has 0 fully saturated rings. The van der Waals surface area contributed by atoms with Crippen molar-refractivity contribution in [1.82, 2.24) is 5.32 Å². The van der Waals surface area contributed by atoms with Gasteiger partial charge in [-0.1, -0.05) is 97.5 Å². The molecule has 0 saturated carbocycles. The molecule has 1 aromatic carbocycles. The number of halogens is 2. The van der Waals surface area contributed by atoms with Crippen LogP contribution in [0.3, 0.4) is 0 Å². The number of hydrogen-bond acceptors (Lipinski definition) is 3. The van der Waals surface area contributed by atoms with Gasteiger partial charge >= 0.3 is 5.97 Å². The lowest BCUT2D eigenvalue weighted by atomic mass is 10.0. The third-order valence-corrected chi connectivity index (χ3v) is 5.64. The van der Waals surface area contributed by atoms with Gasteiger partial charge in [-0.15, -0.1) is 0 Å². The molecule has 1 amide bonds. The zero-order valence-electron chi connectivity index (χ0n) is 20.1. The second-order valence-corrected chi connectivity index (χ2v) is 8.85. The van der Waals surface area contributed by atoms with Crippen LogP contribution in [0.4, 0.5) is 8.78 Å². The summed E-state index contributed by atoms with van der Waals surface area (Å²) >= 11 is 0. The van der Waals surface area contributed by atoms with Crippen LogP contribution in [0.15, 0.2) is 18.2 Å². The van der Waals surface area contributed by atoms with Gasteiger partial charge in [0.25, 0.3) is 5.91 Å². The molecule has 0 bridgehead atoms. The normalized spacial score (nSPS) is 12.1. The fraction of sp³-hybridized carbons (Fsp3) is 0.692. The van der Waals surface area contributed by atoms with Crippen LogP contribution < -0.4 is 5.32 Å². The first-order chi connectivity index (χ1) is 15.4. The predicted molar refractivity (Wildman–Crippen MR) is 124 cm³/mol. The van der Waals surface area contributed by atoms with Crippen LogP contribution in [-0.2, 0) is 9.53 Å². The summed E-state index contributed by atoms with van der Waals surface area (Å²) in [6.07, 6.45) is 14.6. The van der Waals surface area contributed by atoms with Crippen molar-refractivity contribution in [3.05, 3.63) is 35.4 Å². The van der Waals surface area contributed by atoms with E-state index < -0.39 is 35.1 Å². The van der Waals surface area contributed by atoms with Crippen molar-refractivity contribution in [2.75, 3.05) is 6.61 Å². The summed E-state index contributed by atoms with van der Waals surface area (Å²) in [5.41, 5.74) is -0.688. The Labute approximate surface area is 192 Å². The third kappa shape index (κ3) is 11.1. The second kappa shape index (κ2) is 16.6. The van der Waals surface area contributed by atoms with E-state index in [0.29, 0.717) is 0 Å². The Bertz CT molecular complexity index is 659. The Kier molecular flexibility index (Phi) is 14.6. The number of carbonyl (C=O) groups excluding carboxylic acids is 2. The van der Waals surface area contributed by atoms with Gasteiger partial charge in [0.15, 0.2) is 0 Å². The maximum absolute atomic E-state index is 13.8. The van der Waals surface area contributed by atoms with E-state index in [9.17, 15) is 18.4 Å². The zero-order valence-corrected chi connectivity index (χ0v) is 20.1. The number of unbranched alkanes of at least 4 members (excludes halogenated alkanes) is 11. The van der Waals surface area contributed by atoms with Crippen LogP contribution in [-0.4, -0.2) is 24.5 Å². The van der Waals surface area contributed by atoms with Crippen LogP contribution in [0.1, 0.15) is 108 Å². The first-order valence-corrected chi connectivity index (χ1v) is 12.3. The monoisotopic (exact) mass is 453 g/mol. The standard InChI is InChI=1S/C26H41F2NO3/c1-4-5-6-7-8-9-10-11-12-13-14-15-19-32-26(31)24(20(2)3)29-25(30)23-21(27)17-16-18-22(23)28/h16-18,20,24H,4-15,19H2,1-3H3,(H,29,30). The maximum Gasteiger partial charge on any atom is 0.328 e. The fourth-order valence-electron chi connectivity index (χ4n) is 3.63. The summed E-state index contributed by atoms with van der Waals surface area (Å²) < 4.78 is 32.9. The lowest BCUT2D eigenvalue weighted by Crippen LogP contribution is -2.45. The molecular formula is C26H41F2NO3. The molecule has 32 heavy (non-hydrogen) atoms. The molecule has 1 N–H and O–H groups in total. The van der Waals surface area contributed by atoms with Crippen molar-refractivity contribution in [3.8, 4) is 0 Å². The van der Waals surface area contributed by atoms with Crippen LogP contribution >= 0.6 is 0 Å². The van der Waals surface area contributed by atoms with Gasteiger partial charge in [0.05, 0.1) is 6.61 Å². The van der Waals surface area contributed by atoms with E-state index in [1.54, 1.807) is 13.8 Å². The van der Waals surface area contributed by atoms with Crippen molar-refractivity contribution in [2.24, 2.45) is 5.92 Å². The van der Waals surface area contributed by atoms with E-state index in [2.05, 4.69) is 12.2 Å². The summed E-state index contributed by atoms with van der Waals surface area (Å²) in [6.45, 7) is 6.00. The van der Waals surface area contributed by atoms with Gasteiger partial charge in [-0.05, 0) is 24.5 Å². The van der Waals surface area contributed by atoms with Crippen molar-refractivity contribution in [1.29, 1.82) is 0 Å². The van der Waals surface area contributed by atoms with Crippen LogP contribution in [0.25, 0.3) is 0 Å². The molecular weight excluding hydrogens is 412 g/mol. The second-order valence-electron chi connectivity index (χ2n) is 8.85. The Morgan fingerprint density at radius 2 is 1.31 bits per heavy atom. The third-order valence-electron chi connectivity index (χ3n) is 5.64. The first kappa shape index (κ1) is 28.1. The molecule has 0 aliphatic rings. The van der Waals surface area contributed by atoms with Gasteiger partial charge in [-0.25, -0.2) is 13.6 Å². The maximum atomic E-state index is 13.8. The smallest absolute Gasteiger partial charge is 0.328 e. The first-order valence-electron chi connectivity index (χ1n) is 12.3. The number of hydrogen-bond donors (Lipinski definition) is 1. The fourth-order valence-corrected chi connectivity index (χ4v) is 3.63. The minimum Gasteiger partial charge on any atom is -0.464 e. The average molecular weight is 454 g/mol. The van der Waals surface area contributed by atoms with Gasteiger partial charge in [-0.3, -0.25) is 4.79 Å². The molecule has 1 rings (SSSR count). The number of carbonyl (C=O) groups is 2. The molecule has 6 heteroatoms. The number of ether oxygens (including phenoxy) is 1. The molecule has 0 radical (unpaired) electrons. The number of rotatable bonds is 17. The van der Waals surface area contributed by atoms with Gasteiger partial charge in [-0.2, -0.15) is 0 Å². The highest BCUT2D eigenvalue weighted by molar-refractivity contribution is 5.97. The Morgan fingerprint density at radius 3 is 1.78 bits per heavy atom. The molecule has 0 spiro atoms. The Balaban J connectivity index is 2.22. The predicted octanol–water partition coefficient (Wildman–Crippen LogP) is 6.96. The summed E-state index contributed by atoms with van der Waals surface area (Å²) in [5.74, 6) is -3.73. The summed E-state index contributed by atoms with van der Waals surface area (Å²) in [5, 5.41) is 2.42. The Morgan fingerprint density at radius 1 is 0.844 bits per heavy atom. The Hall–Kier alpha value is -1.98. The number of nitrogens with one attached hydrogen (secondary N) is 1. The minimum atomic E-state index is -0.963. The van der Waals surface area contributed by atoms with Gasteiger partial charge in [0.2, 0.25) is 0 Å². The quantitative estimate of drug-likeness (QED) is 0.205. The molecule has 4 nitrogen and oxygen atoms in total. The highest BCUT2D eigenvalue weighted by atomic mass is 19.1. The van der Waals surface area contributed by atoms with E-state index in [4.69, 9.17) is 4.74 Å². The number of esters is 1. The average Bonchev–Trinajstić information content (AvgIpc) is 2.74. The largest absolute Gasteiger partial charge is 0.464 e. The molecule has 0 saturated heterocycles. The molecule has 1 aromatic rings. The molecule has 1 atom stereocenters. The highest BCUT2D eigenvalue weighted by Gasteiger charge is 2.28. The SMILES string of the molecule is CCCCCCCCCCCCCCOC(=O)C(NC(=O)c1c(F)cccc1F)C(C)C. The lowest BCUT2D eigenvalue weighted by Gasteiger charge is -2.21. The van der Waals surface area contributed by atoms with Crippen LogP contribution in [0.5, 0.6) is 0 Å². The lowest BCUT2D eigenvalue weighted by molar-refractivity contribution is -0.147. The van der Waals surface area contributed by atoms with E-state index in [0.717, 1.165) is 31.4 Å². The molecule has 1 unspecified atom stereocenters. The minimum absolute atomic E-state index is 0.275. The zero-order chi connectivity index (χ0) is 23.8. The summed E-state index contributed by atoms with van der Waals surface area (Å²) in [6, 6.07) is 2.24. The van der Waals surface area contributed by atoms with Gasteiger partial charge in [0, 0.05) is 0 Å². The van der Waals surface area contributed by atoms with Crippen molar-refractivity contribution in [3.63, 3.8) is 0 Å². The molecule has 0 aliphatic carbocycles. The summed E-state index contributed by atoms with van der Waals surface area (Å²) in [7, 11) is 0. The van der Waals surface area contributed by atoms with Crippen molar-refractivity contribution < 1.29 is 23.1 Å². The number of amides is 1. The van der Waals surface area contributed by atoms with Crippen LogP contribution in [0.2, 0.25) is 0 Å². The van der Waals surface area contributed by atoms with E-state index in [-0.39, 0.29) is 12.5 Å². The van der Waals surface area contributed by atoms with Crippen molar-refractivity contribution >= 4 is 11.9 Å². The van der Waals surface area contributed by atoms with Crippen LogP contribution in [0, 0.1) is 17.6 Å². The molecule has 0 aromatic heterocycles. The van der Waals surface area contributed by atoms with E-state index >= 15 is 0 Å². The number of benzene rings is 1. The molecule has 0 heterocycles. The van der Waals surface area contributed by atoms with Crippen molar-refractivity contribution in [2.45, 2.75) is 104 Å². The topological polar surface area (TPSA) is 55.4 Å². The molecule has 182 valence electrons. The molecule has 0 aliphatic heterocycles. The van der Waals surface area contributed by atoms with E-state index in [1.165, 1.54) is 63.9 Å². The summed E-state index contributed by atoms with van der Waals surface area (Å²) in [4.78, 5) is 24.7. The highest BCUT2D eigenvalue weighted by Crippen LogP contribution is 2.15. The van der Waals surface area contributed by atoms with E-state index in [1.807, 2.05) is 0 Å². The van der Waals surface area contributed by atoms with Gasteiger partial charge < -0.3 is 10.1 Å². The van der Waals surface area contributed by atoms with Gasteiger partial charge in [0.1, 0.15) is 23.2 Å².